The van der Waals surface area contributed by atoms with Gasteiger partial charge in [-0.25, -0.2) is 0 Å². The number of halogens is 2. The number of rotatable bonds is 3. The molecule has 0 aliphatic rings. The predicted molar refractivity (Wildman–Crippen MR) is 72.6 cm³/mol. The number of alkyl halides is 2. The van der Waals surface area contributed by atoms with Gasteiger partial charge in [-0.1, -0.05) is 18.2 Å². The van der Waals surface area contributed by atoms with Gasteiger partial charge >= 0.3 is 10.1 Å². The van der Waals surface area contributed by atoms with Crippen molar-refractivity contribution in [1.82, 2.24) is 0 Å². The molecular weight excluding hydrogens is 430 g/mol. The Labute approximate surface area is 111 Å². The van der Waals surface area contributed by atoms with Crippen molar-refractivity contribution in [3.63, 3.8) is 0 Å². The van der Waals surface area contributed by atoms with Crippen LogP contribution >= 0.6 is 45.2 Å². The third kappa shape index (κ3) is 3.23. The van der Waals surface area contributed by atoms with Gasteiger partial charge < -0.3 is 4.18 Å². The minimum atomic E-state index is -3.50. The molecule has 0 atom stereocenters. The molecule has 0 saturated heterocycles. The van der Waals surface area contributed by atoms with Crippen LogP contribution in [-0.4, -0.2) is 9.68 Å². The maximum atomic E-state index is 11.4. The SMILES string of the molecule is Cc1ccccc1OS(=O)(=O)C(I)I. The summed E-state index contributed by atoms with van der Waals surface area (Å²) in [6.07, 6.45) is 0. The van der Waals surface area contributed by atoms with E-state index in [0.29, 0.717) is 5.75 Å². The Balaban J connectivity index is 2.96. The monoisotopic (exact) mass is 438 g/mol. The number of hydrogen-bond donors (Lipinski definition) is 0. The van der Waals surface area contributed by atoms with Crippen LogP contribution in [0.4, 0.5) is 0 Å². The Hall–Kier alpha value is 0.430. The fourth-order valence-electron chi connectivity index (χ4n) is 0.811. The van der Waals surface area contributed by atoms with Crippen LogP contribution in [0.1, 0.15) is 5.56 Å². The van der Waals surface area contributed by atoms with E-state index in [9.17, 15) is 8.42 Å². The summed E-state index contributed by atoms with van der Waals surface area (Å²) in [6.45, 7) is 1.81. The molecule has 3 nitrogen and oxygen atoms in total. The van der Waals surface area contributed by atoms with E-state index in [1.165, 1.54) is 0 Å². The molecule has 0 aliphatic heterocycles. The van der Waals surface area contributed by atoms with Crippen LogP contribution in [0.3, 0.4) is 0 Å². The molecule has 6 heteroatoms. The smallest absolute Gasteiger partial charge is 0.330 e. The predicted octanol–water partition coefficient (Wildman–Crippen LogP) is 2.86. The van der Waals surface area contributed by atoms with Gasteiger partial charge in [0, 0.05) is 0 Å². The van der Waals surface area contributed by atoms with Gasteiger partial charge in [-0.3, -0.25) is 0 Å². The Morgan fingerprint density at radius 2 is 1.86 bits per heavy atom. The van der Waals surface area contributed by atoms with Crippen LogP contribution in [0.25, 0.3) is 0 Å². The fourth-order valence-corrected chi connectivity index (χ4v) is 1.94. The fraction of sp³-hybridized carbons (Fsp3) is 0.250. The Morgan fingerprint density at radius 3 is 2.36 bits per heavy atom. The Kier molecular flexibility index (Phi) is 4.44. The first-order chi connectivity index (χ1) is 6.43. The first kappa shape index (κ1) is 12.5. The summed E-state index contributed by atoms with van der Waals surface area (Å²) in [6, 6.07) is 7.02. The van der Waals surface area contributed by atoms with E-state index in [0.717, 1.165) is 5.56 Å². The first-order valence-corrected chi connectivity index (χ1v) is 7.67. The van der Waals surface area contributed by atoms with Gasteiger partial charge in [-0.15, -0.1) is 0 Å². The van der Waals surface area contributed by atoms with E-state index in [-0.39, 0.29) is 0 Å². The van der Waals surface area contributed by atoms with Gasteiger partial charge in [0.15, 0.2) is 1.26 Å². The van der Waals surface area contributed by atoms with Gasteiger partial charge in [-0.2, -0.15) is 8.42 Å². The molecule has 1 aromatic carbocycles. The van der Waals surface area contributed by atoms with Gasteiger partial charge in [0.05, 0.1) is 0 Å². The largest absolute Gasteiger partial charge is 0.381 e. The number of para-hydroxylation sites is 1. The van der Waals surface area contributed by atoms with Crippen molar-refractivity contribution in [2.45, 2.75) is 8.19 Å². The number of benzene rings is 1. The molecule has 0 aliphatic carbocycles. The van der Waals surface area contributed by atoms with Crippen molar-refractivity contribution >= 4 is 55.3 Å². The summed E-state index contributed by atoms with van der Waals surface area (Å²) in [5.41, 5.74) is 0.810. The van der Waals surface area contributed by atoms with Crippen molar-refractivity contribution in [1.29, 1.82) is 0 Å². The average molecular weight is 438 g/mol. The van der Waals surface area contributed by atoms with Crippen molar-refractivity contribution in [2.24, 2.45) is 0 Å². The number of aryl methyl sites for hydroxylation is 1. The van der Waals surface area contributed by atoms with E-state index in [4.69, 9.17) is 4.18 Å². The number of hydrogen-bond acceptors (Lipinski definition) is 3. The summed E-state index contributed by atoms with van der Waals surface area (Å²) < 4.78 is 27.2. The summed E-state index contributed by atoms with van der Waals surface area (Å²) >= 11 is 3.59. The van der Waals surface area contributed by atoms with Crippen LogP contribution in [0.15, 0.2) is 24.3 Å². The molecule has 1 aromatic rings. The van der Waals surface area contributed by atoms with E-state index >= 15 is 0 Å². The molecule has 78 valence electrons. The Morgan fingerprint density at radius 1 is 1.29 bits per heavy atom. The molecule has 0 aromatic heterocycles. The molecule has 0 fully saturated rings. The minimum Gasteiger partial charge on any atom is -0.381 e. The molecule has 1 rings (SSSR count). The van der Waals surface area contributed by atoms with E-state index in [1.54, 1.807) is 70.3 Å². The highest BCUT2D eigenvalue weighted by atomic mass is 127. The molecular formula is C8H8I2O3S. The average Bonchev–Trinajstić information content (AvgIpc) is 2.08. The topological polar surface area (TPSA) is 43.4 Å². The highest BCUT2D eigenvalue weighted by molar-refractivity contribution is 14.2. The zero-order chi connectivity index (χ0) is 10.8. The Bertz CT molecular complexity index is 414. The molecule has 0 unspecified atom stereocenters. The maximum Gasteiger partial charge on any atom is 0.330 e. The summed E-state index contributed by atoms with van der Waals surface area (Å²) in [5.74, 6) is 0.394. The lowest BCUT2D eigenvalue weighted by molar-refractivity contribution is 0.489. The lowest BCUT2D eigenvalue weighted by atomic mass is 10.2. The highest BCUT2D eigenvalue weighted by Gasteiger charge is 2.21. The van der Waals surface area contributed by atoms with E-state index in [1.807, 2.05) is 6.07 Å². The van der Waals surface area contributed by atoms with Crippen LogP contribution in [0.5, 0.6) is 5.75 Å². The molecule has 0 N–H and O–H groups in total. The second-order valence-corrected chi connectivity index (χ2v) is 10.8. The molecule has 0 bridgehead atoms. The molecule has 0 saturated carbocycles. The van der Waals surface area contributed by atoms with Crippen LogP contribution < -0.4 is 4.18 Å². The van der Waals surface area contributed by atoms with E-state index < -0.39 is 11.4 Å². The van der Waals surface area contributed by atoms with Gasteiger partial charge in [0.1, 0.15) is 5.75 Å². The van der Waals surface area contributed by atoms with Crippen molar-refractivity contribution in [3.8, 4) is 5.75 Å². The molecule has 0 amide bonds. The quantitative estimate of drug-likeness (QED) is 0.415. The second-order valence-electron chi connectivity index (χ2n) is 2.60. The van der Waals surface area contributed by atoms with Crippen molar-refractivity contribution < 1.29 is 12.6 Å². The van der Waals surface area contributed by atoms with Crippen LogP contribution in [0.2, 0.25) is 0 Å². The summed E-state index contributed by atoms with van der Waals surface area (Å²) in [5, 5.41) is 0. The lowest BCUT2D eigenvalue weighted by Gasteiger charge is -2.09. The standard InChI is InChI=1S/C8H8I2O3S/c1-6-4-2-3-5-7(6)13-14(11,12)8(9)10/h2-5,8H,1H3. The summed E-state index contributed by atoms with van der Waals surface area (Å²) in [7, 11) is -3.50. The molecule has 14 heavy (non-hydrogen) atoms. The van der Waals surface area contributed by atoms with Crippen LogP contribution in [-0.2, 0) is 10.1 Å². The lowest BCUT2D eigenvalue weighted by Crippen LogP contribution is -2.15. The van der Waals surface area contributed by atoms with Gasteiger partial charge in [0.25, 0.3) is 0 Å². The highest BCUT2D eigenvalue weighted by Crippen LogP contribution is 2.24. The molecule has 0 radical (unpaired) electrons. The van der Waals surface area contributed by atoms with E-state index in [2.05, 4.69) is 0 Å². The van der Waals surface area contributed by atoms with Crippen LogP contribution in [0, 0.1) is 6.92 Å². The van der Waals surface area contributed by atoms with Crippen molar-refractivity contribution in [2.75, 3.05) is 0 Å². The summed E-state index contributed by atoms with van der Waals surface area (Å²) in [4.78, 5) is 0. The minimum absolute atomic E-state index is 0.394. The third-order valence-corrected chi connectivity index (χ3v) is 6.10. The zero-order valence-corrected chi connectivity index (χ0v) is 12.4. The maximum absolute atomic E-state index is 11.4. The zero-order valence-electron chi connectivity index (χ0n) is 7.28. The molecule has 0 spiro atoms. The van der Waals surface area contributed by atoms with Gasteiger partial charge in [-0.05, 0) is 63.7 Å². The van der Waals surface area contributed by atoms with Gasteiger partial charge in [0.2, 0.25) is 0 Å². The normalized spacial score (nSPS) is 11.7. The first-order valence-electron chi connectivity index (χ1n) is 3.70. The third-order valence-electron chi connectivity index (χ3n) is 1.52. The second kappa shape index (κ2) is 4.97. The van der Waals surface area contributed by atoms with Crippen molar-refractivity contribution in [3.05, 3.63) is 29.8 Å². The molecule has 0 heterocycles.